The summed E-state index contributed by atoms with van der Waals surface area (Å²) in [6, 6.07) is 0. The predicted molar refractivity (Wildman–Crippen MR) is 39.7 cm³/mol. The van der Waals surface area contributed by atoms with Gasteiger partial charge in [-0.05, 0) is 12.3 Å². The Balaban J connectivity index is 2.36. The molecule has 1 saturated heterocycles. The van der Waals surface area contributed by atoms with Crippen LogP contribution in [0.5, 0.6) is 0 Å². The average Bonchev–Trinajstić information content (AvgIpc) is 2.30. The maximum absolute atomic E-state index is 5.55. The van der Waals surface area contributed by atoms with Crippen LogP contribution in [0.25, 0.3) is 0 Å². The predicted octanol–water partition coefficient (Wildman–Crippen LogP) is 1.79. The van der Waals surface area contributed by atoms with Crippen LogP contribution in [0, 0.1) is 5.92 Å². The molecule has 1 heterocycles. The molecule has 0 spiro atoms. The van der Waals surface area contributed by atoms with Gasteiger partial charge in [-0.2, -0.15) is 0 Å². The second-order valence-electron chi connectivity index (χ2n) is 2.96. The highest BCUT2D eigenvalue weighted by Gasteiger charge is 2.30. The van der Waals surface area contributed by atoms with E-state index in [4.69, 9.17) is 9.47 Å². The maximum Gasteiger partial charge on any atom is 0.157 e. The van der Waals surface area contributed by atoms with Gasteiger partial charge in [0, 0.05) is 13.5 Å². The first-order chi connectivity index (χ1) is 4.77. The van der Waals surface area contributed by atoms with Gasteiger partial charge in [-0.1, -0.05) is 13.8 Å². The molecule has 1 aliphatic heterocycles. The molecule has 0 N–H and O–H groups in total. The highest BCUT2D eigenvalue weighted by atomic mass is 16.7. The van der Waals surface area contributed by atoms with E-state index in [-0.39, 0.29) is 6.29 Å². The Morgan fingerprint density at radius 2 is 2.30 bits per heavy atom. The summed E-state index contributed by atoms with van der Waals surface area (Å²) in [5.74, 6) is 0.662. The lowest BCUT2D eigenvalue weighted by atomic mass is 10.0. The van der Waals surface area contributed by atoms with E-state index in [1.165, 1.54) is 0 Å². The molecule has 1 aliphatic rings. The first-order valence-corrected chi connectivity index (χ1v) is 3.96. The molecule has 10 heavy (non-hydrogen) atoms. The van der Waals surface area contributed by atoms with Crippen molar-refractivity contribution in [2.75, 3.05) is 7.11 Å². The van der Waals surface area contributed by atoms with Crippen LogP contribution < -0.4 is 0 Å². The van der Waals surface area contributed by atoms with Crippen molar-refractivity contribution in [2.24, 2.45) is 5.92 Å². The van der Waals surface area contributed by atoms with E-state index in [9.17, 15) is 0 Å². The standard InChI is InChI=1S/C8H16O2/c1-4-7-6(2)5-8(9-3)10-7/h6-8H,4-5H2,1-3H3/t6-,7?,8?/m1/s1. The Labute approximate surface area is 62.5 Å². The van der Waals surface area contributed by atoms with Gasteiger partial charge in [0.2, 0.25) is 0 Å². The Morgan fingerprint density at radius 1 is 1.60 bits per heavy atom. The molecular formula is C8H16O2. The highest BCUT2D eigenvalue weighted by Crippen LogP contribution is 2.27. The van der Waals surface area contributed by atoms with Crippen molar-refractivity contribution in [1.29, 1.82) is 0 Å². The molecule has 0 amide bonds. The monoisotopic (exact) mass is 144 g/mol. The molecular weight excluding hydrogens is 128 g/mol. The SMILES string of the molecule is CCC1OC(OC)C[C@H]1C. The molecule has 3 atom stereocenters. The molecule has 0 aliphatic carbocycles. The average molecular weight is 144 g/mol. The minimum Gasteiger partial charge on any atom is -0.356 e. The van der Waals surface area contributed by atoms with E-state index in [2.05, 4.69) is 13.8 Å². The van der Waals surface area contributed by atoms with Crippen LogP contribution in [0.1, 0.15) is 26.7 Å². The van der Waals surface area contributed by atoms with Crippen molar-refractivity contribution in [3.8, 4) is 0 Å². The zero-order valence-electron chi connectivity index (χ0n) is 6.96. The van der Waals surface area contributed by atoms with Crippen molar-refractivity contribution >= 4 is 0 Å². The van der Waals surface area contributed by atoms with Gasteiger partial charge in [0.15, 0.2) is 6.29 Å². The summed E-state index contributed by atoms with van der Waals surface area (Å²) >= 11 is 0. The molecule has 0 aromatic carbocycles. The minimum absolute atomic E-state index is 0.0555. The van der Waals surface area contributed by atoms with E-state index in [0.717, 1.165) is 12.8 Å². The summed E-state index contributed by atoms with van der Waals surface area (Å²) in [6.07, 6.45) is 2.63. The highest BCUT2D eigenvalue weighted by molar-refractivity contribution is 4.73. The van der Waals surface area contributed by atoms with Crippen LogP contribution in [-0.4, -0.2) is 19.5 Å². The summed E-state index contributed by atoms with van der Waals surface area (Å²) < 4.78 is 10.6. The van der Waals surface area contributed by atoms with Crippen LogP contribution in [0.4, 0.5) is 0 Å². The van der Waals surface area contributed by atoms with E-state index in [1.807, 2.05) is 0 Å². The third kappa shape index (κ3) is 1.50. The van der Waals surface area contributed by atoms with Gasteiger partial charge in [0.25, 0.3) is 0 Å². The number of hydrogen-bond acceptors (Lipinski definition) is 2. The summed E-state index contributed by atoms with van der Waals surface area (Å²) in [5.41, 5.74) is 0. The Kier molecular flexibility index (Phi) is 2.69. The summed E-state index contributed by atoms with van der Waals surface area (Å²) in [7, 11) is 1.70. The second-order valence-corrected chi connectivity index (χ2v) is 2.96. The van der Waals surface area contributed by atoms with E-state index in [1.54, 1.807) is 7.11 Å². The topological polar surface area (TPSA) is 18.5 Å². The molecule has 0 saturated carbocycles. The summed E-state index contributed by atoms with van der Waals surface area (Å²) in [6.45, 7) is 4.37. The molecule has 0 aromatic heterocycles. The molecule has 0 aromatic rings. The fraction of sp³-hybridized carbons (Fsp3) is 1.00. The summed E-state index contributed by atoms with van der Waals surface area (Å²) in [5, 5.41) is 0. The van der Waals surface area contributed by atoms with E-state index < -0.39 is 0 Å². The molecule has 2 heteroatoms. The van der Waals surface area contributed by atoms with Crippen LogP contribution >= 0.6 is 0 Å². The molecule has 0 bridgehead atoms. The third-order valence-electron chi connectivity index (χ3n) is 2.19. The van der Waals surface area contributed by atoms with Crippen molar-refractivity contribution in [2.45, 2.75) is 39.1 Å². The lowest BCUT2D eigenvalue weighted by molar-refractivity contribution is -0.115. The van der Waals surface area contributed by atoms with E-state index >= 15 is 0 Å². The third-order valence-corrected chi connectivity index (χ3v) is 2.19. The number of ether oxygens (including phenoxy) is 2. The Bertz CT molecular complexity index is 103. The van der Waals surface area contributed by atoms with Crippen molar-refractivity contribution in [3.63, 3.8) is 0 Å². The molecule has 1 fully saturated rings. The largest absolute Gasteiger partial charge is 0.356 e. The smallest absolute Gasteiger partial charge is 0.157 e. The first kappa shape index (κ1) is 8.02. The number of methoxy groups -OCH3 is 1. The van der Waals surface area contributed by atoms with Gasteiger partial charge in [0.1, 0.15) is 0 Å². The molecule has 2 nitrogen and oxygen atoms in total. The fourth-order valence-corrected chi connectivity index (χ4v) is 1.49. The van der Waals surface area contributed by atoms with Gasteiger partial charge in [0.05, 0.1) is 6.10 Å². The van der Waals surface area contributed by atoms with Gasteiger partial charge in [-0.3, -0.25) is 0 Å². The zero-order chi connectivity index (χ0) is 7.56. The summed E-state index contributed by atoms with van der Waals surface area (Å²) in [4.78, 5) is 0. The minimum atomic E-state index is 0.0555. The van der Waals surface area contributed by atoms with Gasteiger partial charge >= 0.3 is 0 Å². The lowest BCUT2D eigenvalue weighted by Gasteiger charge is -2.11. The van der Waals surface area contributed by atoms with Crippen LogP contribution in [0.2, 0.25) is 0 Å². The fourth-order valence-electron chi connectivity index (χ4n) is 1.49. The van der Waals surface area contributed by atoms with E-state index in [0.29, 0.717) is 12.0 Å². The number of rotatable bonds is 2. The normalized spacial score (nSPS) is 40.5. The van der Waals surface area contributed by atoms with Crippen LogP contribution in [-0.2, 0) is 9.47 Å². The van der Waals surface area contributed by atoms with Gasteiger partial charge in [-0.15, -0.1) is 0 Å². The van der Waals surface area contributed by atoms with Crippen molar-refractivity contribution in [3.05, 3.63) is 0 Å². The quantitative estimate of drug-likeness (QED) is 0.588. The second kappa shape index (κ2) is 3.35. The Morgan fingerprint density at radius 3 is 2.60 bits per heavy atom. The molecule has 2 unspecified atom stereocenters. The van der Waals surface area contributed by atoms with Crippen molar-refractivity contribution in [1.82, 2.24) is 0 Å². The molecule has 1 rings (SSSR count). The van der Waals surface area contributed by atoms with Crippen molar-refractivity contribution < 1.29 is 9.47 Å². The molecule has 60 valence electrons. The molecule has 0 radical (unpaired) electrons. The van der Waals surface area contributed by atoms with Crippen LogP contribution in [0.3, 0.4) is 0 Å². The Hall–Kier alpha value is -0.0800. The maximum atomic E-state index is 5.55. The van der Waals surface area contributed by atoms with Gasteiger partial charge in [-0.25, -0.2) is 0 Å². The number of hydrogen-bond donors (Lipinski definition) is 0. The van der Waals surface area contributed by atoms with Crippen LogP contribution in [0.15, 0.2) is 0 Å². The lowest BCUT2D eigenvalue weighted by Crippen LogP contribution is -2.13. The zero-order valence-corrected chi connectivity index (χ0v) is 6.96. The van der Waals surface area contributed by atoms with Gasteiger partial charge < -0.3 is 9.47 Å². The first-order valence-electron chi connectivity index (χ1n) is 3.96.